The van der Waals surface area contributed by atoms with E-state index < -0.39 is 5.60 Å². The van der Waals surface area contributed by atoms with E-state index in [0.717, 1.165) is 44.1 Å². The number of carbonyl (C=O) groups excluding carboxylic acids is 2. The first-order chi connectivity index (χ1) is 12.7. The molecule has 0 aromatic carbocycles. The zero-order valence-corrected chi connectivity index (χ0v) is 16.5. The topological polar surface area (TPSA) is 103 Å². The Morgan fingerprint density at radius 3 is 2.52 bits per heavy atom. The summed E-state index contributed by atoms with van der Waals surface area (Å²) in [6.45, 7) is 5.89. The van der Waals surface area contributed by atoms with Crippen molar-refractivity contribution in [2.75, 3.05) is 0 Å². The minimum Gasteiger partial charge on any atom is -0.382 e. The van der Waals surface area contributed by atoms with Gasteiger partial charge in [-0.25, -0.2) is 0 Å². The van der Waals surface area contributed by atoms with E-state index >= 15 is 0 Å². The second kappa shape index (κ2) is 5.92. The first-order valence-corrected chi connectivity index (χ1v) is 10.2. The fourth-order valence-corrected chi connectivity index (χ4v) is 7.44. The number of azide groups is 1. The van der Waals surface area contributed by atoms with Gasteiger partial charge in [-0.1, -0.05) is 24.5 Å². The van der Waals surface area contributed by atoms with Crippen LogP contribution in [0.4, 0.5) is 0 Å². The summed E-state index contributed by atoms with van der Waals surface area (Å²) in [7, 11) is 0. The molecule has 6 atom stereocenters. The Morgan fingerprint density at radius 2 is 1.85 bits per heavy atom. The van der Waals surface area contributed by atoms with Gasteiger partial charge in [0.15, 0.2) is 11.6 Å². The van der Waals surface area contributed by atoms with Gasteiger partial charge in [0.1, 0.15) is 5.60 Å². The summed E-state index contributed by atoms with van der Waals surface area (Å²) in [5, 5.41) is 15.0. The molecule has 0 heterocycles. The Kier molecular flexibility index (Phi) is 4.10. The fourth-order valence-electron chi connectivity index (χ4n) is 7.44. The molecule has 6 nitrogen and oxygen atoms in total. The normalized spacial score (nSPS) is 46.2. The number of carbonyl (C=O) groups is 2. The van der Waals surface area contributed by atoms with Crippen molar-refractivity contribution >= 4 is 11.6 Å². The van der Waals surface area contributed by atoms with Crippen LogP contribution in [-0.2, 0) is 9.59 Å². The van der Waals surface area contributed by atoms with Crippen LogP contribution in [0.15, 0.2) is 16.4 Å². The molecule has 0 aromatic rings. The van der Waals surface area contributed by atoms with Crippen LogP contribution in [0, 0.1) is 28.6 Å². The van der Waals surface area contributed by atoms with E-state index in [-0.39, 0.29) is 22.4 Å². The van der Waals surface area contributed by atoms with E-state index in [9.17, 15) is 14.7 Å². The first-order valence-electron chi connectivity index (χ1n) is 10.2. The molecule has 0 aromatic heterocycles. The van der Waals surface area contributed by atoms with Crippen LogP contribution in [0.1, 0.15) is 72.1 Å². The number of hydrogen-bond acceptors (Lipinski definition) is 4. The molecule has 0 saturated heterocycles. The molecule has 4 aliphatic rings. The van der Waals surface area contributed by atoms with Crippen LogP contribution >= 0.6 is 0 Å². The highest BCUT2D eigenvalue weighted by Gasteiger charge is 2.65. The third-order valence-corrected chi connectivity index (χ3v) is 8.97. The van der Waals surface area contributed by atoms with Crippen LogP contribution < -0.4 is 0 Å². The SMILES string of the molecule is CC(=O)[C@@]1(O)CC[C@H]2[C@@H]3CCC4=C(N=[N+]=[N-])C(=O)CC[C@]4(C)[C@H]3CC[C@@]21C. The second-order valence-corrected chi connectivity index (χ2v) is 9.68. The molecule has 0 spiro atoms. The van der Waals surface area contributed by atoms with Gasteiger partial charge in [0, 0.05) is 16.7 Å². The summed E-state index contributed by atoms with van der Waals surface area (Å²) in [4.78, 5) is 27.5. The Bertz CT molecular complexity index is 798. The molecule has 0 aliphatic heterocycles. The number of nitrogens with zero attached hydrogens (tertiary/aromatic N) is 3. The fraction of sp³-hybridized carbons (Fsp3) is 0.810. The van der Waals surface area contributed by atoms with Crippen molar-refractivity contribution in [2.24, 2.45) is 33.7 Å². The maximum Gasteiger partial charge on any atom is 0.165 e. The molecule has 0 unspecified atom stereocenters. The van der Waals surface area contributed by atoms with E-state index in [1.807, 2.05) is 0 Å². The quantitative estimate of drug-likeness (QED) is 0.440. The zero-order valence-electron chi connectivity index (χ0n) is 16.5. The molecule has 3 fully saturated rings. The molecule has 0 amide bonds. The highest BCUT2D eigenvalue weighted by atomic mass is 16.3. The van der Waals surface area contributed by atoms with Crippen LogP contribution in [0.3, 0.4) is 0 Å². The first kappa shape index (κ1) is 18.7. The molecular formula is C21H29N3O3. The number of fused-ring (bicyclic) bond motifs is 5. The van der Waals surface area contributed by atoms with Gasteiger partial charge in [-0.2, -0.15) is 0 Å². The monoisotopic (exact) mass is 371 g/mol. The molecule has 0 bridgehead atoms. The predicted molar refractivity (Wildman–Crippen MR) is 100 cm³/mol. The van der Waals surface area contributed by atoms with E-state index in [0.29, 0.717) is 36.3 Å². The summed E-state index contributed by atoms with van der Waals surface area (Å²) < 4.78 is 0. The Balaban J connectivity index is 1.74. The lowest BCUT2D eigenvalue weighted by atomic mass is 9.46. The minimum atomic E-state index is -1.20. The highest BCUT2D eigenvalue weighted by molar-refractivity contribution is 5.97. The van der Waals surface area contributed by atoms with Crippen molar-refractivity contribution in [3.63, 3.8) is 0 Å². The average Bonchev–Trinajstić information content (AvgIpc) is 2.91. The van der Waals surface area contributed by atoms with Crippen molar-refractivity contribution < 1.29 is 14.7 Å². The summed E-state index contributed by atoms with van der Waals surface area (Å²) >= 11 is 0. The number of aliphatic hydroxyl groups is 1. The second-order valence-electron chi connectivity index (χ2n) is 9.68. The van der Waals surface area contributed by atoms with E-state index in [4.69, 9.17) is 5.53 Å². The van der Waals surface area contributed by atoms with Gasteiger partial charge in [0.05, 0.1) is 5.70 Å². The molecule has 3 saturated carbocycles. The smallest absolute Gasteiger partial charge is 0.165 e. The summed E-state index contributed by atoms with van der Waals surface area (Å²) in [6.07, 6.45) is 6.22. The Labute approximate surface area is 160 Å². The van der Waals surface area contributed by atoms with Crippen molar-refractivity contribution in [1.29, 1.82) is 0 Å². The van der Waals surface area contributed by atoms with Crippen LogP contribution in [0.25, 0.3) is 10.4 Å². The van der Waals surface area contributed by atoms with Gasteiger partial charge in [0.25, 0.3) is 0 Å². The number of rotatable bonds is 2. The van der Waals surface area contributed by atoms with Crippen LogP contribution in [0.5, 0.6) is 0 Å². The van der Waals surface area contributed by atoms with Crippen molar-refractivity contribution in [3.05, 3.63) is 21.7 Å². The van der Waals surface area contributed by atoms with Gasteiger partial charge in [-0.05, 0) is 80.6 Å². The molecule has 146 valence electrons. The van der Waals surface area contributed by atoms with Gasteiger partial charge in [0.2, 0.25) is 0 Å². The Morgan fingerprint density at radius 1 is 1.15 bits per heavy atom. The van der Waals surface area contributed by atoms with Gasteiger partial charge < -0.3 is 5.11 Å². The minimum absolute atomic E-state index is 0.0220. The van der Waals surface area contributed by atoms with Crippen molar-refractivity contribution in [3.8, 4) is 0 Å². The maximum absolute atomic E-state index is 12.3. The van der Waals surface area contributed by atoms with Crippen LogP contribution in [-0.4, -0.2) is 22.3 Å². The lowest BCUT2D eigenvalue weighted by Crippen LogP contribution is -2.57. The lowest BCUT2D eigenvalue weighted by Gasteiger charge is -2.59. The standard InChI is InChI=1S/C21H29N3O3/c1-12(25)21(27)11-7-15-13-4-5-16-18(23-24-22)17(26)8-9-19(16,2)14(13)6-10-20(15,21)3/h13-15,27H,4-11H2,1-3H3/t13-,14+,15+,19-,20+,21+/m1/s1. The Hall–Kier alpha value is -1.65. The third-order valence-electron chi connectivity index (χ3n) is 8.97. The van der Waals surface area contributed by atoms with E-state index in [1.165, 1.54) is 6.92 Å². The van der Waals surface area contributed by atoms with Crippen molar-refractivity contribution in [1.82, 2.24) is 0 Å². The number of ketones is 2. The molecule has 6 heteroatoms. The molecule has 27 heavy (non-hydrogen) atoms. The molecule has 1 N–H and O–H groups in total. The molecule has 0 radical (unpaired) electrons. The molecule has 4 aliphatic carbocycles. The van der Waals surface area contributed by atoms with E-state index in [2.05, 4.69) is 23.9 Å². The average molecular weight is 371 g/mol. The van der Waals surface area contributed by atoms with Gasteiger partial charge in [-0.15, -0.1) is 0 Å². The lowest BCUT2D eigenvalue weighted by molar-refractivity contribution is -0.160. The number of Topliss-reactive ketones (excluding diaryl/α,β-unsaturated/α-hetero) is 2. The largest absolute Gasteiger partial charge is 0.382 e. The summed E-state index contributed by atoms with van der Waals surface area (Å²) in [5.41, 5.74) is 8.68. The maximum atomic E-state index is 12.3. The van der Waals surface area contributed by atoms with Crippen molar-refractivity contribution in [2.45, 2.75) is 77.7 Å². The zero-order chi connectivity index (χ0) is 19.6. The molecular weight excluding hydrogens is 342 g/mol. The number of hydrogen-bond donors (Lipinski definition) is 1. The van der Waals surface area contributed by atoms with Gasteiger partial charge >= 0.3 is 0 Å². The number of allylic oxidation sites excluding steroid dienone is 1. The van der Waals surface area contributed by atoms with Crippen LogP contribution in [0.2, 0.25) is 0 Å². The summed E-state index contributed by atoms with van der Waals surface area (Å²) in [5.74, 6) is 1.09. The van der Waals surface area contributed by atoms with Gasteiger partial charge in [-0.3, -0.25) is 9.59 Å². The van der Waals surface area contributed by atoms with E-state index in [1.54, 1.807) is 0 Å². The highest BCUT2D eigenvalue weighted by Crippen LogP contribution is 2.68. The predicted octanol–water partition coefficient (Wildman–Crippen LogP) is 4.48. The summed E-state index contributed by atoms with van der Waals surface area (Å²) in [6, 6.07) is 0. The third kappa shape index (κ3) is 2.26. The molecule has 4 rings (SSSR count).